The molecular formula is C26H26F2O. The van der Waals surface area contributed by atoms with E-state index in [-0.39, 0.29) is 5.56 Å². The number of ether oxygens (including phenoxy) is 1. The summed E-state index contributed by atoms with van der Waals surface area (Å²) in [5, 5.41) is 0. The largest absolute Gasteiger partial charge is 0.497 e. The van der Waals surface area contributed by atoms with Crippen molar-refractivity contribution in [1.29, 1.82) is 0 Å². The van der Waals surface area contributed by atoms with Gasteiger partial charge in [-0.25, -0.2) is 8.78 Å². The maximum Gasteiger partial charge on any atom is 0.167 e. The van der Waals surface area contributed by atoms with Crippen LogP contribution < -0.4 is 4.74 Å². The first kappa shape index (κ1) is 19.6. The molecule has 3 aromatic rings. The van der Waals surface area contributed by atoms with Crippen molar-refractivity contribution in [2.45, 2.75) is 38.5 Å². The van der Waals surface area contributed by atoms with Crippen LogP contribution in [0.15, 0.2) is 60.7 Å². The first-order chi connectivity index (χ1) is 14.1. The van der Waals surface area contributed by atoms with Gasteiger partial charge in [0.05, 0.1) is 7.11 Å². The summed E-state index contributed by atoms with van der Waals surface area (Å²) in [6.07, 6.45) is 4.94. The van der Waals surface area contributed by atoms with E-state index in [1.54, 1.807) is 43.5 Å². The molecule has 0 radical (unpaired) electrons. The number of hydrogen-bond donors (Lipinski definition) is 0. The third-order valence-electron chi connectivity index (χ3n) is 6.19. The topological polar surface area (TPSA) is 9.23 Å². The molecule has 0 aliphatic heterocycles. The summed E-state index contributed by atoms with van der Waals surface area (Å²) >= 11 is 0. The van der Waals surface area contributed by atoms with Gasteiger partial charge in [0.25, 0.3) is 0 Å². The van der Waals surface area contributed by atoms with E-state index >= 15 is 0 Å². The summed E-state index contributed by atoms with van der Waals surface area (Å²) in [6.45, 7) is 2.31. The molecule has 0 saturated heterocycles. The average molecular weight is 392 g/mol. The summed E-state index contributed by atoms with van der Waals surface area (Å²) in [7, 11) is 1.57. The van der Waals surface area contributed by atoms with Gasteiger partial charge in [-0.3, -0.25) is 0 Å². The average Bonchev–Trinajstić information content (AvgIpc) is 2.76. The number of rotatable bonds is 4. The number of methoxy groups -OCH3 is 1. The van der Waals surface area contributed by atoms with Crippen LogP contribution in [0.1, 0.15) is 44.1 Å². The molecule has 0 aromatic heterocycles. The Labute approximate surface area is 171 Å². The van der Waals surface area contributed by atoms with E-state index in [4.69, 9.17) is 4.74 Å². The Kier molecular flexibility index (Phi) is 5.66. The molecule has 0 amide bonds. The quantitative estimate of drug-likeness (QED) is 0.444. The summed E-state index contributed by atoms with van der Waals surface area (Å²) in [5.74, 6) is 0.445. The SMILES string of the molecule is COc1ccc(-c2ccc(-c3ccc(C4CCC(C)CC4)cc3)c(F)c2F)cc1. The van der Waals surface area contributed by atoms with Crippen LogP contribution in [0, 0.1) is 17.6 Å². The second kappa shape index (κ2) is 8.36. The zero-order chi connectivity index (χ0) is 20.4. The van der Waals surface area contributed by atoms with Crippen LogP contribution in [0.4, 0.5) is 8.78 Å². The van der Waals surface area contributed by atoms with E-state index < -0.39 is 11.6 Å². The second-order valence-electron chi connectivity index (χ2n) is 8.10. The molecule has 0 heterocycles. The maximum atomic E-state index is 14.9. The molecule has 1 saturated carbocycles. The highest BCUT2D eigenvalue weighted by atomic mass is 19.2. The van der Waals surface area contributed by atoms with Gasteiger partial charge in [0.15, 0.2) is 11.6 Å². The van der Waals surface area contributed by atoms with Crippen LogP contribution in [-0.4, -0.2) is 7.11 Å². The van der Waals surface area contributed by atoms with Crippen LogP contribution in [0.25, 0.3) is 22.3 Å². The predicted molar refractivity (Wildman–Crippen MR) is 114 cm³/mol. The zero-order valence-electron chi connectivity index (χ0n) is 16.9. The van der Waals surface area contributed by atoms with E-state index in [0.29, 0.717) is 28.4 Å². The summed E-state index contributed by atoms with van der Waals surface area (Å²) in [6, 6.07) is 18.2. The normalized spacial score (nSPS) is 19.2. The highest BCUT2D eigenvalue weighted by Gasteiger charge is 2.20. The first-order valence-electron chi connectivity index (χ1n) is 10.3. The highest BCUT2D eigenvalue weighted by molar-refractivity contribution is 5.72. The van der Waals surface area contributed by atoms with Crippen LogP contribution in [0.2, 0.25) is 0 Å². The van der Waals surface area contributed by atoms with Gasteiger partial charge in [0, 0.05) is 11.1 Å². The molecule has 150 valence electrons. The van der Waals surface area contributed by atoms with Gasteiger partial charge in [0.1, 0.15) is 5.75 Å². The molecule has 1 aliphatic carbocycles. The van der Waals surface area contributed by atoms with Gasteiger partial charge >= 0.3 is 0 Å². The summed E-state index contributed by atoms with van der Waals surface area (Å²) < 4.78 is 34.8. The van der Waals surface area contributed by atoms with E-state index in [1.165, 1.54) is 31.2 Å². The summed E-state index contributed by atoms with van der Waals surface area (Å²) in [5.41, 5.74) is 3.17. The van der Waals surface area contributed by atoms with Crippen molar-refractivity contribution in [3.8, 4) is 28.0 Å². The standard InChI is InChI=1S/C26H26F2O/c1-17-3-5-18(6-4-17)19-7-9-20(10-8-19)23-15-16-24(26(28)25(23)27)21-11-13-22(29-2)14-12-21/h7-18H,3-6H2,1-2H3. The fourth-order valence-electron chi connectivity index (χ4n) is 4.29. The molecule has 4 rings (SSSR count). The van der Waals surface area contributed by atoms with Crippen LogP contribution >= 0.6 is 0 Å². The minimum absolute atomic E-state index is 0.252. The van der Waals surface area contributed by atoms with Crippen molar-refractivity contribution in [2.24, 2.45) is 5.92 Å². The molecule has 3 heteroatoms. The van der Waals surface area contributed by atoms with Gasteiger partial charge in [-0.2, -0.15) is 0 Å². The molecule has 0 N–H and O–H groups in total. The van der Waals surface area contributed by atoms with Crippen molar-refractivity contribution in [3.05, 3.63) is 77.9 Å². The number of halogens is 2. The van der Waals surface area contributed by atoms with Crippen molar-refractivity contribution < 1.29 is 13.5 Å². The lowest BCUT2D eigenvalue weighted by Crippen LogP contribution is -2.10. The number of benzene rings is 3. The van der Waals surface area contributed by atoms with E-state index in [9.17, 15) is 8.78 Å². The minimum atomic E-state index is -0.821. The van der Waals surface area contributed by atoms with Gasteiger partial charge in [-0.1, -0.05) is 68.3 Å². The molecule has 1 fully saturated rings. The van der Waals surface area contributed by atoms with E-state index in [1.807, 2.05) is 12.1 Å². The molecular weight excluding hydrogens is 366 g/mol. The monoisotopic (exact) mass is 392 g/mol. The molecule has 0 spiro atoms. The fourth-order valence-corrected chi connectivity index (χ4v) is 4.29. The van der Waals surface area contributed by atoms with Crippen molar-refractivity contribution >= 4 is 0 Å². The molecule has 3 aromatic carbocycles. The summed E-state index contributed by atoms with van der Waals surface area (Å²) in [4.78, 5) is 0. The van der Waals surface area contributed by atoms with Crippen molar-refractivity contribution in [2.75, 3.05) is 7.11 Å². The van der Waals surface area contributed by atoms with Gasteiger partial charge < -0.3 is 4.74 Å². The smallest absolute Gasteiger partial charge is 0.167 e. The van der Waals surface area contributed by atoms with Crippen molar-refractivity contribution in [3.63, 3.8) is 0 Å². The van der Waals surface area contributed by atoms with Crippen LogP contribution in [0.5, 0.6) is 5.75 Å². The Morgan fingerprint density at radius 1 is 0.690 bits per heavy atom. The molecule has 29 heavy (non-hydrogen) atoms. The second-order valence-corrected chi connectivity index (χ2v) is 8.10. The van der Waals surface area contributed by atoms with E-state index in [0.717, 1.165) is 5.92 Å². The Hall–Kier alpha value is -2.68. The highest BCUT2D eigenvalue weighted by Crippen LogP contribution is 2.37. The lowest BCUT2D eigenvalue weighted by molar-refractivity contribution is 0.348. The van der Waals surface area contributed by atoms with Crippen molar-refractivity contribution in [1.82, 2.24) is 0 Å². The molecule has 0 unspecified atom stereocenters. The third-order valence-corrected chi connectivity index (χ3v) is 6.19. The maximum absolute atomic E-state index is 14.9. The molecule has 0 bridgehead atoms. The van der Waals surface area contributed by atoms with Gasteiger partial charge in [-0.15, -0.1) is 0 Å². The molecule has 0 atom stereocenters. The fraction of sp³-hybridized carbons (Fsp3) is 0.308. The predicted octanol–water partition coefficient (Wildman–Crippen LogP) is 7.60. The molecule has 1 aliphatic rings. The Morgan fingerprint density at radius 2 is 1.17 bits per heavy atom. The Bertz CT molecular complexity index is 969. The Balaban J connectivity index is 1.59. The Morgan fingerprint density at radius 3 is 1.66 bits per heavy atom. The van der Waals surface area contributed by atoms with Crippen LogP contribution in [0.3, 0.4) is 0 Å². The first-order valence-corrected chi connectivity index (χ1v) is 10.3. The number of hydrogen-bond acceptors (Lipinski definition) is 1. The van der Waals surface area contributed by atoms with E-state index in [2.05, 4.69) is 19.1 Å². The lowest BCUT2D eigenvalue weighted by Gasteiger charge is -2.26. The zero-order valence-corrected chi connectivity index (χ0v) is 16.9. The van der Waals surface area contributed by atoms with Crippen LogP contribution in [-0.2, 0) is 0 Å². The molecule has 1 nitrogen and oxygen atoms in total. The van der Waals surface area contributed by atoms with Gasteiger partial charge in [0.2, 0.25) is 0 Å². The minimum Gasteiger partial charge on any atom is -0.497 e. The lowest BCUT2D eigenvalue weighted by atomic mass is 9.79. The third kappa shape index (κ3) is 4.05. The van der Waals surface area contributed by atoms with Gasteiger partial charge in [-0.05, 0) is 53.5 Å².